The Bertz CT molecular complexity index is 1610. The largest absolute Gasteiger partial charge is 0.481 e. The maximum atomic E-state index is 14.5. The van der Waals surface area contributed by atoms with Crippen LogP contribution in [0.15, 0.2) is 47.5 Å². The molecule has 1 aromatic heterocycles. The Kier molecular flexibility index (Phi) is 9.82. The number of para-hydroxylation sites is 1. The summed E-state index contributed by atoms with van der Waals surface area (Å²) in [7, 11) is 0. The molecule has 43 heavy (non-hydrogen) atoms. The molecule has 2 aliphatic rings. The lowest BCUT2D eigenvalue weighted by Crippen LogP contribution is -2.39. The van der Waals surface area contributed by atoms with Crippen LogP contribution in [0.5, 0.6) is 5.75 Å². The number of carbonyl (C=O) groups excluding carboxylic acids is 3. The van der Waals surface area contributed by atoms with Gasteiger partial charge in [-0.2, -0.15) is 4.37 Å². The molecule has 5 rings (SSSR count). The van der Waals surface area contributed by atoms with E-state index in [0.717, 1.165) is 18.8 Å². The van der Waals surface area contributed by atoms with Gasteiger partial charge in [0.15, 0.2) is 18.5 Å². The number of fused-ring (bicyclic) bond motifs is 2. The Morgan fingerprint density at radius 1 is 1.30 bits per heavy atom. The van der Waals surface area contributed by atoms with Gasteiger partial charge in [-0.1, -0.05) is 38.0 Å². The van der Waals surface area contributed by atoms with Crippen LogP contribution < -0.4 is 25.1 Å². The monoisotopic (exact) mass is 608 g/mol. The number of carbonyl (C=O) groups is 3. The Morgan fingerprint density at radius 2 is 2.05 bits per heavy atom. The van der Waals surface area contributed by atoms with E-state index in [9.17, 15) is 18.8 Å². The minimum atomic E-state index is -0.807. The molecule has 2 N–H and O–H groups in total. The van der Waals surface area contributed by atoms with Gasteiger partial charge in [0, 0.05) is 42.8 Å². The van der Waals surface area contributed by atoms with Crippen LogP contribution in [0.2, 0.25) is 0 Å². The lowest BCUT2D eigenvalue weighted by atomic mass is 9.92. The lowest BCUT2D eigenvalue weighted by Gasteiger charge is -2.28. The smallest absolute Gasteiger partial charge is 0.412 e. The number of hydrogen-bond donors (Lipinski definition) is 2. The molecule has 0 bridgehead atoms. The Balaban J connectivity index is 0.000000217. The average molecular weight is 609 g/mol. The first-order valence-electron chi connectivity index (χ1n) is 13.6. The topological polar surface area (TPSA) is 127 Å². The van der Waals surface area contributed by atoms with Gasteiger partial charge in [-0.05, 0) is 37.5 Å². The number of anilines is 2. The van der Waals surface area contributed by atoms with Crippen LogP contribution >= 0.6 is 11.5 Å². The number of benzene rings is 2. The standard InChI is InChI=1S/C18H17FN4O2S.C12H16N2O3/c1-4-5-22-13-7-12(11(19)6-14(13)25-9-16(22)24)20-17-23-10-18(2,3)8-15(23)21-26-17;1-3-13-11(15)9(2)17-12(16)14-10-7-5-4-6-8-10/h1,6-7H,5,8-10H2,2-3H3;4-9H,3H2,1-2H3,(H,13,15)(H,14,16). The fraction of sp³-hybridized carbons (Fsp3) is 0.367. The predicted octanol–water partition coefficient (Wildman–Crippen LogP) is 4.02. The number of ether oxygens (including phenoxy) is 2. The molecular weight excluding hydrogens is 575 g/mol. The number of hydrogen-bond acceptors (Lipinski definition) is 8. The van der Waals surface area contributed by atoms with Gasteiger partial charge in [-0.15, -0.1) is 6.42 Å². The van der Waals surface area contributed by atoms with Crippen molar-refractivity contribution in [2.45, 2.75) is 46.8 Å². The van der Waals surface area contributed by atoms with Gasteiger partial charge in [-0.25, -0.2) is 14.2 Å². The summed E-state index contributed by atoms with van der Waals surface area (Å²) in [5, 5.41) is 5.10. The molecule has 3 heterocycles. The van der Waals surface area contributed by atoms with Gasteiger partial charge >= 0.3 is 6.09 Å². The summed E-state index contributed by atoms with van der Waals surface area (Å²) in [5.41, 5.74) is 1.30. The maximum absolute atomic E-state index is 14.5. The second kappa shape index (κ2) is 13.5. The summed E-state index contributed by atoms with van der Waals surface area (Å²) in [4.78, 5) is 41.3. The van der Waals surface area contributed by atoms with Crippen molar-refractivity contribution < 1.29 is 28.2 Å². The molecule has 226 valence electrons. The summed E-state index contributed by atoms with van der Waals surface area (Å²) in [5.74, 6) is 2.61. The highest BCUT2D eigenvalue weighted by molar-refractivity contribution is 7.02. The minimum absolute atomic E-state index is 0.0964. The zero-order valence-electron chi connectivity index (χ0n) is 24.3. The van der Waals surface area contributed by atoms with Crippen LogP contribution in [0.3, 0.4) is 0 Å². The molecule has 0 saturated heterocycles. The summed E-state index contributed by atoms with van der Waals surface area (Å²) in [6.45, 7) is 8.88. The van der Waals surface area contributed by atoms with Gasteiger partial charge in [0.2, 0.25) is 4.80 Å². The highest BCUT2D eigenvalue weighted by atomic mass is 32.1. The number of nitrogens with zero attached hydrogens (tertiary/aromatic N) is 4. The normalized spacial score (nSPS) is 15.6. The van der Waals surface area contributed by atoms with Crippen LogP contribution in [-0.2, 0) is 27.3 Å². The minimum Gasteiger partial charge on any atom is -0.481 e. The lowest BCUT2D eigenvalue weighted by molar-refractivity contribution is -0.128. The summed E-state index contributed by atoms with van der Waals surface area (Å²) < 4.78 is 31.2. The molecule has 2 aliphatic heterocycles. The van der Waals surface area contributed by atoms with Gasteiger partial charge in [0.1, 0.15) is 17.3 Å². The van der Waals surface area contributed by atoms with E-state index in [1.807, 2.05) is 10.6 Å². The maximum Gasteiger partial charge on any atom is 0.412 e. The van der Waals surface area contributed by atoms with Crippen molar-refractivity contribution in [3.8, 4) is 18.1 Å². The Hall–Kier alpha value is -4.70. The number of nitrogens with one attached hydrogen (secondary N) is 2. The van der Waals surface area contributed by atoms with Crippen molar-refractivity contribution in [1.29, 1.82) is 0 Å². The van der Waals surface area contributed by atoms with Crippen molar-refractivity contribution in [1.82, 2.24) is 14.3 Å². The zero-order chi connectivity index (χ0) is 31.1. The second-order valence-corrected chi connectivity index (χ2v) is 11.3. The quantitative estimate of drug-likeness (QED) is 0.407. The van der Waals surface area contributed by atoms with E-state index in [-0.39, 0.29) is 36.1 Å². The molecule has 0 spiro atoms. The number of likely N-dealkylation sites (N-methyl/N-ethyl adjacent to an activating group) is 1. The second-order valence-electron chi connectivity index (χ2n) is 10.6. The van der Waals surface area contributed by atoms with Crippen LogP contribution in [0.4, 0.5) is 26.2 Å². The molecule has 0 aliphatic carbocycles. The highest BCUT2D eigenvalue weighted by Crippen LogP contribution is 2.37. The molecule has 13 heteroatoms. The summed E-state index contributed by atoms with van der Waals surface area (Å²) in [6, 6.07) is 11.7. The number of amides is 3. The predicted molar refractivity (Wildman–Crippen MR) is 161 cm³/mol. The molecule has 1 unspecified atom stereocenters. The Labute approximate surface area is 252 Å². The zero-order valence-corrected chi connectivity index (χ0v) is 25.2. The summed E-state index contributed by atoms with van der Waals surface area (Å²) >= 11 is 1.24. The van der Waals surface area contributed by atoms with Crippen LogP contribution in [0, 0.1) is 23.6 Å². The van der Waals surface area contributed by atoms with Gasteiger partial charge < -0.3 is 19.4 Å². The van der Waals surface area contributed by atoms with E-state index in [0.29, 0.717) is 28.5 Å². The Morgan fingerprint density at radius 3 is 2.74 bits per heavy atom. The van der Waals surface area contributed by atoms with Crippen molar-refractivity contribution >= 4 is 46.5 Å². The van der Waals surface area contributed by atoms with E-state index < -0.39 is 18.0 Å². The third-order valence-corrected chi connectivity index (χ3v) is 7.24. The SMILES string of the molecule is C#CCN1C(=O)COc2cc(F)c(N=c3snc4n3CC(C)(C)C4)cc21.CCNC(=O)C(C)OC(=O)Nc1ccccc1. The van der Waals surface area contributed by atoms with Crippen LogP contribution in [-0.4, -0.2) is 52.6 Å². The molecule has 11 nitrogen and oxygen atoms in total. The third-order valence-electron chi connectivity index (χ3n) is 6.46. The van der Waals surface area contributed by atoms with Gasteiger partial charge in [0.05, 0.1) is 12.2 Å². The van der Waals surface area contributed by atoms with E-state index in [2.05, 4.69) is 39.8 Å². The van der Waals surface area contributed by atoms with Gasteiger partial charge in [-0.3, -0.25) is 19.8 Å². The van der Waals surface area contributed by atoms with E-state index in [1.165, 1.54) is 35.5 Å². The van der Waals surface area contributed by atoms with Crippen LogP contribution in [0.1, 0.15) is 33.5 Å². The molecule has 0 fully saturated rings. The van der Waals surface area contributed by atoms with E-state index in [1.54, 1.807) is 31.2 Å². The average Bonchev–Trinajstić information content (AvgIpc) is 3.47. The molecule has 0 radical (unpaired) electrons. The van der Waals surface area contributed by atoms with Crippen molar-refractivity contribution in [2.24, 2.45) is 10.4 Å². The fourth-order valence-electron chi connectivity index (χ4n) is 4.45. The molecule has 2 aromatic carbocycles. The van der Waals surface area contributed by atoms with Crippen molar-refractivity contribution in [3.05, 3.63) is 58.9 Å². The number of terminal acetylenes is 1. The number of rotatable bonds is 6. The highest BCUT2D eigenvalue weighted by Gasteiger charge is 2.31. The van der Waals surface area contributed by atoms with Crippen molar-refractivity contribution in [2.75, 3.05) is 29.9 Å². The molecule has 3 aromatic rings. The first-order chi connectivity index (χ1) is 20.5. The fourth-order valence-corrected chi connectivity index (χ4v) is 5.20. The van der Waals surface area contributed by atoms with E-state index >= 15 is 0 Å². The molecule has 3 amide bonds. The first kappa shape index (κ1) is 31.2. The number of aromatic nitrogens is 2. The summed E-state index contributed by atoms with van der Waals surface area (Å²) in [6.07, 6.45) is 4.77. The van der Waals surface area contributed by atoms with Gasteiger partial charge in [0.25, 0.3) is 11.8 Å². The third kappa shape index (κ3) is 7.78. The molecule has 1 atom stereocenters. The number of halogens is 1. The molecular formula is C30H33FN6O5S. The van der Waals surface area contributed by atoms with Crippen molar-refractivity contribution in [3.63, 3.8) is 0 Å². The molecule has 0 saturated carbocycles. The van der Waals surface area contributed by atoms with Crippen LogP contribution in [0.25, 0.3) is 0 Å². The van der Waals surface area contributed by atoms with E-state index in [4.69, 9.17) is 15.9 Å². The first-order valence-corrected chi connectivity index (χ1v) is 14.4.